The molecule has 1 atom stereocenters. The van der Waals surface area contributed by atoms with Crippen molar-refractivity contribution in [2.24, 2.45) is 0 Å². The maximum atomic E-state index is 13.0. The van der Waals surface area contributed by atoms with E-state index in [0.29, 0.717) is 35.4 Å². The molecule has 1 N–H and O–H groups in total. The van der Waals surface area contributed by atoms with Gasteiger partial charge in [0.15, 0.2) is 0 Å². The predicted octanol–water partition coefficient (Wildman–Crippen LogP) is 4.71. The second-order valence-corrected chi connectivity index (χ2v) is 7.78. The molecular weight excluding hydrogens is 439 g/mol. The number of carbonyl (C=O) groups excluding carboxylic acids is 2. The van der Waals surface area contributed by atoms with Gasteiger partial charge < -0.3 is 19.7 Å². The Hall–Kier alpha value is -2.44. The van der Waals surface area contributed by atoms with E-state index in [2.05, 4.69) is 5.32 Å². The Morgan fingerprint density at radius 3 is 2.35 bits per heavy atom. The van der Waals surface area contributed by atoms with Crippen LogP contribution in [-0.4, -0.2) is 43.0 Å². The molecule has 0 saturated carbocycles. The highest BCUT2D eigenvalue weighted by molar-refractivity contribution is 6.42. The topological polar surface area (TPSA) is 67.9 Å². The average Bonchev–Trinajstić information content (AvgIpc) is 2.77. The van der Waals surface area contributed by atoms with Crippen LogP contribution in [0.25, 0.3) is 0 Å². The van der Waals surface area contributed by atoms with Gasteiger partial charge in [-0.2, -0.15) is 0 Å². The van der Waals surface area contributed by atoms with Gasteiger partial charge in [-0.25, -0.2) is 0 Å². The lowest BCUT2D eigenvalue weighted by Gasteiger charge is -2.29. The highest BCUT2D eigenvalue weighted by Gasteiger charge is 2.25. The van der Waals surface area contributed by atoms with Gasteiger partial charge in [0.25, 0.3) is 0 Å². The van der Waals surface area contributed by atoms with Gasteiger partial charge in [-0.15, -0.1) is 0 Å². The maximum Gasteiger partial charge on any atom is 0.242 e. The van der Waals surface area contributed by atoms with Crippen LogP contribution in [0.5, 0.6) is 11.5 Å². The fraction of sp³-hybridized carbons (Fsp3) is 0.391. The molecule has 0 bridgehead atoms. The van der Waals surface area contributed by atoms with Crippen LogP contribution in [0.2, 0.25) is 10.0 Å². The van der Waals surface area contributed by atoms with Crippen molar-refractivity contribution in [3.05, 3.63) is 58.1 Å². The van der Waals surface area contributed by atoms with E-state index in [4.69, 9.17) is 32.7 Å². The van der Waals surface area contributed by atoms with Crippen LogP contribution in [0.3, 0.4) is 0 Å². The quantitative estimate of drug-likeness (QED) is 0.486. The summed E-state index contributed by atoms with van der Waals surface area (Å²) in [5.74, 6) is 1.12. The van der Waals surface area contributed by atoms with E-state index in [-0.39, 0.29) is 24.8 Å². The number of rotatable bonds is 11. The number of nitrogens with one attached hydrogen (secondary N) is 1. The average molecular weight is 467 g/mol. The zero-order chi connectivity index (χ0) is 22.8. The number of likely N-dealkylation sites (N-methyl/N-ethyl adjacent to an activating group) is 1. The number of hydrogen-bond acceptors (Lipinski definition) is 4. The minimum Gasteiger partial charge on any atom is -0.497 e. The smallest absolute Gasteiger partial charge is 0.242 e. The number of methoxy groups -OCH3 is 1. The first-order valence-electron chi connectivity index (χ1n) is 10.1. The lowest BCUT2D eigenvalue weighted by atomic mass is 10.1. The minimum atomic E-state index is -0.621. The molecule has 0 unspecified atom stereocenters. The molecule has 31 heavy (non-hydrogen) atoms. The minimum absolute atomic E-state index is 0.136. The molecule has 0 aliphatic rings. The molecule has 168 valence electrons. The van der Waals surface area contributed by atoms with Gasteiger partial charge in [0.05, 0.1) is 23.8 Å². The Morgan fingerprint density at radius 2 is 1.74 bits per heavy atom. The van der Waals surface area contributed by atoms with Gasteiger partial charge in [-0.3, -0.25) is 9.59 Å². The number of nitrogens with zero attached hydrogens (tertiary/aromatic N) is 1. The van der Waals surface area contributed by atoms with E-state index in [1.165, 1.54) is 0 Å². The van der Waals surface area contributed by atoms with E-state index in [1.807, 2.05) is 31.2 Å². The summed E-state index contributed by atoms with van der Waals surface area (Å²) in [6.45, 7) is 4.69. The third-order valence-corrected chi connectivity index (χ3v) is 5.46. The zero-order valence-corrected chi connectivity index (χ0v) is 19.5. The van der Waals surface area contributed by atoms with Crippen LogP contribution in [0.1, 0.15) is 32.3 Å². The fourth-order valence-electron chi connectivity index (χ4n) is 2.97. The van der Waals surface area contributed by atoms with Gasteiger partial charge in [-0.05, 0) is 62.2 Å². The van der Waals surface area contributed by atoms with Crippen molar-refractivity contribution in [2.45, 2.75) is 39.3 Å². The molecule has 0 fully saturated rings. The fourth-order valence-corrected chi connectivity index (χ4v) is 3.29. The second kappa shape index (κ2) is 12.4. The largest absolute Gasteiger partial charge is 0.497 e. The van der Waals surface area contributed by atoms with E-state index in [0.717, 1.165) is 11.3 Å². The molecule has 0 spiro atoms. The Balaban J connectivity index is 1.99. The molecule has 0 aliphatic carbocycles. The van der Waals surface area contributed by atoms with Gasteiger partial charge in [0.1, 0.15) is 17.5 Å². The summed E-state index contributed by atoms with van der Waals surface area (Å²) < 4.78 is 10.8. The van der Waals surface area contributed by atoms with Crippen LogP contribution in [-0.2, 0) is 16.1 Å². The van der Waals surface area contributed by atoms with Crippen LogP contribution in [0, 0.1) is 0 Å². The summed E-state index contributed by atoms with van der Waals surface area (Å²) in [6.07, 6.45) is 0.770. The van der Waals surface area contributed by atoms with Crippen molar-refractivity contribution < 1.29 is 19.1 Å². The number of ether oxygens (including phenoxy) is 2. The summed E-state index contributed by atoms with van der Waals surface area (Å²) >= 11 is 12.1. The molecule has 0 saturated heterocycles. The molecule has 6 nitrogen and oxygen atoms in total. The normalized spacial score (nSPS) is 11.5. The van der Waals surface area contributed by atoms with Crippen molar-refractivity contribution in [3.63, 3.8) is 0 Å². The molecule has 8 heteroatoms. The molecule has 0 aliphatic heterocycles. The van der Waals surface area contributed by atoms with Gasteiger partial charge in [-0.1, -0.05) is 29.3 Å². The van der Waals surface area contributed by atoms with Crippen LogP contribution in [0.15, 0.2) is 42.5 Å². The first-order valence-corrected chi connectivity index (χ1v) is 10.9. The van der Waals surface area contributed by atoms with Crippen LogP contribution in [0.4, 0.5) is 0 Å². The number of benzene rings is 2. The van der Waals surface area contributed by atoms with Gasteiger partial charge >= 0.3 is 0 Å². The summed E-state index contributed by atoms with van der Waals surface area (Å²) in [5.41, 5.74) is 0.799. The van der Waals surface area contributed by atoms with Crippen molar-refractivity contribution in [3.8, 4) is 11.5 Å². The molecule has 0 heterocycles. The molecular formula is C23H28Cl2N2O4. The molecule has 2 aromatic rings. The Kier molecular flexibility index (Phi) is 9.95. The Bertz CT molecular complexity index is 874. The third kappa shape index (κ3) is 7.64. The first-order chi connectivity index (χ1) is 14.8. The monoisotopic (exact) mass is 466 g/mol. The molecule has 2 aromatic carbocycles. The molecule has 0 radical (unpaired) electrons. The maximum absolute atomic E-state index is 13.0. The summed E-state index contributed by atoms with van der Waals surface area (Å²) in [5, 5.41) is 3.62. The number of halogens is 2. The van der Waals surface area contributed by atoms with Crippen LogP contribution >= 0.6 is 23.2 Å². The highest BCUT2D eigenvalue weighted by atomic mass is 35.5. The van der Waals surface area contributed by atoms with Crippen molar-refractivity contribution in [1.29, 1.82) is 0 Å². The molecule has 0 aromatic heterocycles. The number of amides is 2. The van der Waals surface area contributed by atoms with E-state index >= 15 is 0 Å². The second-order valence-electron chi connectivity index (χ2n) is 6.97. The summed E-state index contributed by atoms with van der Waals surface area (Å²) in [4.78, 5) is 26.9. The predicted molar refractivity (Wildman–Crippen MR) is 123 cm³/mol. The van der Waals surface area contributed by atoms with Crippen molar-refractivity contribution in [2.75, 3.05) is 20.3 Å². The number of carbonyl (C=O) groups is 2. The van der Waals surface area contributed by atoms with Crippen molar-refractivity contribution in [1.82, 2.24) is 10.2 Å². The van der Waals surface area contributed by atoms with E-state index < -0.39 is 6.04 Å². The molecule has 2 rings (SSSR count). The highest BCUT2D eigenvalue weighted by Crippen LogP contribution is 2.24. The van der Waals surface area contributed by atoms with E-state index in [9.17, 15) is 9.59 Å². The number of hydrogen-bond donors (Lipinski definition) is 1. The van der Waals surface area contributed by atoms with Gasteiger partial charge in [0, 0.05) is 19.5 Å². The lowest BCUT2D eigenvalue weighted by Crippen LogP contribution is -2.47. The summed E-state index contributed by atoms with van der Waals surface area (Å²) in [7, 11) is 1.60. The van der Waals surface area contributed by atoms with E-state index in [1.54, 1.807) is 37.1 Å². The molecule has 2 amide bonds. The summed E-state index contributed by atoms with van der Waals surface area (Å²) in [6, 6.07) is 11.8. The Labute approximate surface area is 193 Å². The van der Waals surface area contributed by atoms with Gasteiger partial charge in [0.2, 0.25) is 11.8 Å². The standard InChI is InChI=1S/C23H28Cl2N2O4/c1-4-26-23(29)16(2)27(15-17-7-12-20(24)21(25)14-17)22(28)6-5-13-31-19-10-8-18(30-3)9-11-19/h7-12,14,16H,4-6,13,15H2,1-3H3,(H,26,29)/t16-/m0/s1. The van der Waals surface area contributed by atoms with Crippen LogP contribution < -0.4 is 14.8 Å². The first kappa shape index (κ1) is 24.8. The van der Waals surface area contributed by atoms with Crippen molar-refractivity contribution >= 4 is 35.0 Å². The SMILES string of the molecule is CCNC(=O)[C@H](C)N(Cc1ccc(Cl)c(Cl)c1)C(=O)CCCOc1ccc(OC)cc1. The third-order valence-electron chi connectivity index (χ3n) is 4.72. The zero-order valence-electron chi connectivity index (χ0n) is 18.0. The lowest BCUT2D eigenvalue weighted by molar-refractivity contribution is -0.140. The Morgan fingerprint density at radius 1 is 1.06 bits per heavy atom.